The molecule has 0 bridgehead atoms. The Morgan fingerprint density at radius 1 is 1.19 bits per heavy atom. The molecule has 1 unspecified atom stereocenters. The monoisotopic (exact) mass is 431 g/mol. The lowest BCUT2D eigenvalue weighted by molar-refractivity contribution is 0.607. The van der Waals surface area contributed by atoms with Crippen molar-refractivity contribution in [3.8, 4) is 0 Å². The van der Waals surface area contributed by atoms with E-state index in [0.717, 1.165) is 26.7 Å². The molecule has 1 N–H and O–H groups in total. The predicted octanol–water partition coefficient (Wildman–Crippen LogP) is 5.27. The number of benzene rings is 2. The first-order chi connectivity index (χ1) is 10.1. The van der Waals surface area contributed by atoms with Gasteiger partial charge in [-0.15, -0.1) is 11.8 Å². The lowest BCUT2D eigenvalue weighted by Crippen LogP contribution is -2.30. The molecule has 0 saturated carbocycles. The average molecular weight is 433 g/mol. The molecule has 21 heavy (non-hydrogen) atoms. The van der Waals surface area contributed by atoms with Gasteiger partial charge < -0.3 is 5.32 Å². The Morgan fingerprint density at radius 2 is 2.00 bits per heavy atom. The molecule has 0 fully saturated rings. The molecule has 0 aliphatic carbocycles. The van der Waals surface area contributed by atoms with Crippen molar-refractivity contribution in [3.63, 3.8) is 0 Å². The minimum Gasteiger partial charge on any atom is -0.316 e. The standard InChI is InChI=1S/C16H16Br2FNS/c1-20-14(7-11-5-6-13(19)9-16(11)18)10-21-15-4-2-3-12(17)8-15/h2-6,8-9,14,20H,7,10H2,1H3. The van der Waals surface area contributed by atoms with Crippen molar-refractivity contribution in [1.29, 1.82) is 0 Å². The highest BCUT2D eigenvalue weighted by Crippen LogP contribution is 2.25. The second-order valence-electron chi connectivity index (χ2n) is 4.69. The Morgan fingerprint density at radius 3 is 2.67 bits per heavy atom. The number of rotatable bonds is 6. The van der Waals surface area contributed by atoms with Gasteiger partial charge >= 0.3 is 0 Å². The molecular weight excluding hydrogens is 417 g/mol. The maximum absolute atomic E-state index is 13.1. The van der Waals surface area contributed by atoms with Gasteiger partial charge in [0.25, 0.3) is 0 Å². The van der Waals surface area contributed by atoms with Crippen LogP contribution in [0.2, 0.25) is 0 Å². The SMILES string of the molecule is CNC(CSc1cccc(Br)c1)Cc1ccc(F)cc1Br. The number of hydrogen-bond acceptors (Lipinski definition) is 2. The van der Waals surface area contributed by atoms with Crippen molar-refractivity contribution < 1.29 is 4.39 Å². The molecule has 0 amide bonds. The van der Waals surface area contributed by atoms with Gasteiger partial charge in [-0.1, -0.05) is 44.0 Å². The Bertz CT molecular complexity index is 607. The highest BCUT2D eigenvalue weighted by Gasteiger charge is 2.11. The largest absolute Gasteiger partial charge is 0.316 e. The van der Waals surface area contributed by atoms with Gasteiger partial charge in [-0.3, -0.25) is 0 Å². The van der Waals surface area contributed by atoms with E-state index in [-0.39, 0.29) is 5.82 Å². The number of nitrogens with one attached hydrogen (secondary N) is 1. The van der Waals surface area contributed by atoms with Gasteiger partial charge in [0.1, 0.15) is 5.82 Å². The number of halogens is 3. The maximum atomic E-state index is 13.1. The molecule has 2 rings (SSSR count). The molecule has 0 aromatic heterocycles. The summed E-state index contributed by atoms with van der Waals surface area (Å²) >= 11 is 8.73. The summed E-state index contributed by atoms with van der Waals surface area (Å²) in [7, 11) is 1.96. The molecule has 1 nitrogen and oxygen atoms in total. The molecule has 112 valence electrons. The van der Waals surface area contributed by atoms with Gasteiger partial charge in [-0.2, -0.15) is 0 Å². The second-order valence-corrected chi connectivity index (χ2v) is 7.56. The van der Waals surface area contributed by atoms with Crippen LogP contribution in [0.1, 0.15) is 5.56 Å². The lowest BCUT2D eigenvalue weighted by Gasteiger charge is -2.17. The van der Waals surface area contributed by atoms with Crippen molar-refractivity contribution in [2.45, 2.75) is 17.4 Å². The highest BCUT2D eigenvalue weighted by molar-refractivity contribution is 9.10. The van der Waals surface area contributed by atoms with Gasteiger partial charge in [-0.05, 0) is 49.4 Å². The van der Waals surface area contributed by atoms with Crippen molar-refractivity contribution in [1.82, 2.24) is 5.32 Å². The van der Waals surface area contributed by atoms with E-state index < -0.39 is 0 Å². The van der Waals surface area contributed by atoms with Crippen molar-refractivity contribution >= 4 is 43.6 Å². The average Bonchev–Trinajstić information content (AvgIpc) is 2.45. The highest BCUT2D eigenvalue weighted by atomic mass is 79.9. The fraction of sp³-hybridized carbons (Fsp3) is 0.250. The van der Waals surface area contributed by atoms with Crippen molar-refractivity contribution in [2.24, 2.45) is 0 Å². The quantitative estimate of drug-likeness (QED) is 0.623. The summed E-state index contributed by atoms with van der Waals surface area (Å²) in [6, 6.07) is 13.5. The first-order valence-electron chi connectivity index (χ1n) is 6.58. The van der Waals surface area contributed by atoms with E-state index in [1.54, 1.807) is 0 Å². The summed E-state index contributed by atoms with van der Waals surface area (Å²) in [6.45, 7) is 0. The van der Waals surface area contributed by atoms with Gasteiger partial charge in [0.05, 0.1) is 0 Å². The van der Waals surface area contributed by atoms with Crippen LogP contribution in [0.25, 0.3) is 0 Å². The Kier molecular flexibility index (Phi) is 6.74. The fourth-order valence-electron chi connectivity index (χ4n) is 1.95. The molecule has 2 aromatic carbocycles. The van der Waals surface area contributed by atoms with Gasteiger partial charge in [-0.25, -0.2) is 4.39 Å². The molecule has 0 radical (unpaired) electrons. The summed E-state index contributed by atoms with van der Waals surface area (Å²) in [5, 5.41) is 3.33. The number of thioether (sulfide) groups is 1. The van der Waals surface area contributed by atoms with Crippen LogP contribution in [0.15, 0.2) is 56.3 Å². The Hall–Kier alpha value is -0.360. The molecule has 0 aliphatic rings. The van der Waals surface area contributed by atoms with E-state index in [1.807, 2.05) is 37.0 Å². The van der Waals surface area contributed by atoms with E-state index in [1.165, 1.54) is 17.0 Å². The summed E-state index contributed by atoms with van der Waals surface area (Å²) in [4.78, 5) is 1.24. The first kappa shape index (κ1) is 17.0. The molecule has 0 heterocycles. The summed E-state index contributed by atoms with van der Waals surface area (Å²) < 4.78 is 15.0. The summed E-state index contributed by atoms with van der Waals surface area (Å²) in [5.74, 6) is 0.742. The van der Waals surface area contributed by atoms with Gasteiger partial charge in [0.15, 0.2) is 0 Å². The number of likely N-dealkylation sites (N-methyl/N-ethyl adjacent to an activating group) is 1. The van der Waals surface area contributed by atoms with Crippen LogP contribution < -0.4 is 5.32 Å². The number of hydrogen-bond donors (Lipinski definition) is 1. The Labute approximate surface area is 146 Å². The van der Waals surface area contributed by atoms with Crippen LogP contribution in [-0.2, 0) is 6.42 Å². The molecule has 1 atom stereocenters. The van der Waals surface area contributed by atoms with Crippen LogP contribution in [0.5, 0.6) is 0 Å². The van der Waals surface area contributed by atoms with Gasteiger partial charge in [0.2, 0.25) is 0 Å². The van der Waals surface area contributed by atoms with E-state index in [0.29, 0.717) is 6.04 Å². The third kappa shape index (κ3) is 5.40. The Balaban J connectivity index is 1.97. The van der Waals surface area contributed by atoms with Crippen molar-refractivity contribution in [2.75, 3.05) is 12.8 Å². The topological polar surface area (TPSA) is 12.0 Å². The van der Waals surface area contributed by atoms with Crippen LogP contribution in [-0.4, -0.2) is 18.8 Å². The third-order valence-corrected chi connectivity index (χ3v) is 5.52. The summed E-state index contributed by atoms with van der Waals surface area (Å²) in [5.41, 5.74) is 1.12. The molecule has 0 spiro atoms. The van der Waals surface area contributed by atoms with E-state index in [9.17, 15) is 4.39 Å². The molecule has 0 saturated heterocycles. The van der Waals surface area contributed by atoms with E-state index in [2.05, 4.69) is 49.3 Å². The molecular formula is C16H16Br2FNS. The van der Waals surface area contributed by atoms with Crippen LogP contribution in [0, 0.1) is 5.82 Å². The molecule has 5 heteroatoms. The zero-order valence-electron chi connectivity index (χ0n) is 11.6. The first-order valence-corrected chi connectivity index (χ1v) is 9.15. The third-order valence-electron chi connectivity index (χ3n) is 3.14. The van der Waals surface area contributed by atoms with E-state index >= 15 is 0 Å². The van der Waals surface area contributed by atoms with Crippen LogP contribution >= 0.6 is 43.6 Å². The van der Waals surface area contributed by atoms with Crippen LogP contribution in [0.3, 0.4) is 0 Å². The maximum Gasteiger partial charge on any atom is 0.124 e. The smallest absolute Gasteiger partial charge is 0.124 e. The van der Waals surface area contributed by atoms with Gasteiger partial charge in [0, 0.05) is 25.6 Å². The summed E-state index contributed by atoms with van der Waals surface area (Å²) in [6.07, 6.45) is 0.859. The second kappa shape index (κ2) is 8.32. The van der Waals surface area contributed by atoms with Crippen LogP contribution in [0.4, 0.5) is 4.39 Å². The zero-order chi connectivity index (χ0) is 15.2. The fourth-order valence-corrected chi connectivity index (χ4v) is 4.08. The normalized spacial score (nSPS) is 12.4. The van der Waals surface area contributed by atoms with E-state index in [4.69, 9.17) is 0 Å². The minimum atomic E-state index is -0.213. The van der Waals surface area contributed by atoms with Crippen molar-refractivity contribution in [3.05, 3.63) is 62.8 Å². The lowest BCUT2D eigenvalue weighted by atomic mass is 10.1. The minimum absolute atomic E-state index is 0.213. The molecule has 2 aromatic rings. The zero-order valence-corrected chi connectivity index (χ0v) is 15.6. The predicted molar refractivity (Wildman–Crippen MR) is 95.5 cm³/mol. The molecule has 0 aliphatic heterocycles.